The number of halogens is 1. The van der Waals surface area contributed by atoms with Gasteiger partial charge in [-0.1, -0.05) is 17.7 Å². The van der Waals surface area contributed by atoms with Crippen molar-refractivity contribution >= 4 is 12.4 Å². The zero-order valence-electron chi connectivity index (χ0n) is 12.8. The molecule has 1 heterocycles. The highest BCUT2D eigenvalue weighted by Crippen LogP contribution is 2.24. The summed E-state index contributed by atoms with van der Waals surface area (Å²) < 4.78 is 5.48. The molecule has 1 aliphatic heterocycles. The summed E-state index contributed by atoms with van der Waals surface area (Å²) in [7, 11) is 3.80. The van der Waals surface area contributed by atoms with Crippen LogP contribution in [0.1, 0.15) is 24.0 Å². The van der Waals surface area contributed by atoms with Gasteiger partial charge in [-0.3, -0.25) is 4.90 Å². The van der Waals surface area contributed by atoms with Crippen LogP contribution in [0.4, 0.5) is 0 Å². The Bertz CT molecular complexity index is 409. The molecule has 0 aromatic heterocycles. The Morgan fingerprint density at radius 3 is 2.90 bits per heavy atom. The summed E-state index contributed by atoms with van der Waals surface area (Å²) in [6.45, 7) is 6.67. The summed E-state index contributed by atoms with van der Waals surface area (Å²) in [4.78, 5) is 2.56. The molecule has 1 aliphatic rings. The summed E-state index contributed by atoms with van der Waals surface area (Å²) >= 11 is 0. The molecule has 1 unspecified atom stereocenters. The Morgan fingerprint density at radius 2 is 2.20 bits per heavy atom. The van der Waals surface area contributed by atoms with Gasteiger partial charge in [0.2, 0.25) is 0 Å². The Hall–Kier alpha value is -0.770. The number of methoxy groups -OCH3 is 1. The monoisotopic (exact) mass is 298 g/mol. The predicted octanol–water partition coefficient (Wildman–Crippen LogP) is 2.86. The zero-order chi connectivity index (χ0) is 13.7. The molecule has 1 aromatic rings. The highest BCUT2D eigenvalue weighted by atomic mass is 35.5. The lowest BCUT2D eigenvalue weighted by Crippen LogP contribution is -2.38. The van der Waals surface area contributed by atoms with Crippen LogP contribution in [0.3, 0.4) is 0 Å². The average molecular weight is 299 g/mol. The van der Waals surface area contributed by atoms with Crippen LogP contribution < -0.4 is 10.1 Å². The van der Waals surface area contributed by atoms with E-state index in [2.05, 4.69) is 35.3 Å². The minimum Gasteiger partial charge on any atom is -0.496 e. The molecule has 1 aromatic carbocycles. The fraction of sp³-hybridized carbons (Fsp3) is 0.625. The number of ether oxygens (including phenoxy) is 1. The van der Waals surface area contributed by atoms with E-state index < -0.39 is 0 Å². The third-order valence-electron chi connectivity index (χ3n) is 3.93. The Kier molecular flexibility index (Phi) is 7.35. The van der Waals surface area contributed by atoms with E-state index in [1.165, 1.54) is 37.1 Å². The van der Waals surface area contributed by atoms with Crippen LogP contribution in [0.2, 0.25) is 0 Å². The third-order valence-corrected chi connectivity index (χ3v) is 3.93. The molecule has 0 spiro atoms. The predicted molar refractivity (Wildman–Crippen MR) is 86.9 cm³/mol. The lowest BCUT2D eigenvalue weighted by Gasteiger charge is -2.33. The summed E-state index contributed by atoms with van der Waals surface area (Å²) in [5.41, 5.74) is 2.62. The smallest absolute Gasteiger partial charge is 0.123 e. The number of piperidine rings is 1. The second kappa shape index (κ2) is 8.50. The largest absolute Gasteiger partial charge is 0.496 e. The number of hydrogen-bond acceptors (Lipinski definition) is 3. The molecule has 0 aliphatic carbocycles. The number of nitrogens with one attached hydrogen (secondary N) is 1. The van der Waals surface area contributed by atoms with Crippen LogP contribution in [-0.2, 0) is 6.54 Å². The molecule has 0 radical (unpaired) electrons. The van der Waals surface area contributed by atoms with E-state index in [4.69, 9.17) is 4.74 Å². The standard InChI is InChI=1S/C16H26N2O.ClH/c1-13-6-7-16(19-3)15(9-13)12-18-8-4-5-14(11-18)10-17-2;/h6-7,9,14,17H,4-5,8,10-12H2,1-3H3;1H. The lowest BCUT2D eigenvalue weighted by molar-refractivity contribution is 0.165. The first-order chi connectivity index (χ1) is 9.22. The Labute approximate surface area is 129 Å². The van der Waals surface area contributed by atoms with Crippen molar-refractivity contribution in [2.24, 2.45) is 5.92 Å². The summed E-state index contributed by atoms with van der Waals surface area (Å²) in [5, 5.41) is 3.30. The van der Waals surface area contributed by atoms with Gasteiger partial charge in [0.1, 0.15) is 5.75 Å². The van der Waals surface area contributed by atoms with Crippen LogP contribution >= 0.6 is 12.4 Å². The molecule has 20 heavy (non-hydrogen) atoms. The first-order valence-electron chi connectivity index (χ1n) is 7.23. The number of likely N-dealkylation sites (tertiary alicyclic amines) is 1. The van der Waals surface area contributed by atoms with Crippen molar-refractivity contribution in [2.45, 2.75) is 26.3 Å². The summed E-state index contributed by atoms with van der Waals surface area (Å²) in [6, 6.07) is 6.45. The molecule has 1 atom stereocenters. The number of hydrogen-bond donors (Lipinski definition) is 1. The second-order valence-electron chi connectivity index (χ2n) is 5.62. The zero-order valence-corrected chi connectivity index (χ0v) is 13.6. The molecule has 0 saturated carbocycles. The normalized spacial score (nSPS) is 19.4. The van der Waals surface area contributed by atoms with E-state index in [1.807, 2.05) is 7.05 Å². The maximum Gasteiger partial charge on any atom is 0.123 e. The first-order valence-corrected chi connectivity index (χ1v) is 7.23. The van der Waals surface area contributed by atoms with E-state index >= 15 is 0 Å². The quantitative estimate of drug-likeness (QED) is 0.905. The minimum absolute atomic E-state index is 0. The fourth-order valence-electron chi connectivity index (χ4n) is 3.02. The maximum atomic E-state index is 5.48. The van der Waals surface area contributed by atoms with Gasteiger partial charge in [0.25, 0.3) is 0 Å². The highest BCUT2D eigenvalue weighted by molar-refractivity contribution is 5.85. The Morgan fingerprint density at radius 1 is 1.40 bits per heavy atom. The van der Waals surface area contributed by atoms with Crippen molar-refractivity contribution in [3.63, 3.8) is 0 Å². The molecular formula is C16H27ClN2O. The van der Waals surface area contributed by atoms with Gasteiger partial charge < -0.3 is 10.1 Å². The van der Waals surface area contributed by atoms with Crippen LogP contribution in [0.15, 0.2) is 18.2 Å². The molecule has 1 N–H and O–H groups in total. The van der Waals surface area contributed by atoms with Crippen molar-refractivity contribution in [2.75, 3.05) is 33.8 Å². The molecule has 0 bridgehead atoms. The van der Waals surface area contributed by atoms with Crippen molar-refractivity contribution in [1.82, 2.24) is 10.2 Å². The topological polar surface area (TPSA) is 24.5 Å². The molecule has 4 heteroatoms. The summed E-state index contributed by atoms with van der Waals surface area (Å²) in [6.07, 6.45) is 2.66. The van der Waals surface area contributed by atoms with Gasteiger partial charge in [-0.25, -0.2) is 0 Å². The van der Waals surface area contributed by atoms with E-state index in [9.17, 15) is 0 Å². The fourth-order valence-corrected chi connectivity index (χ4v) is 3.02. The molecule has 2 rings (SSSR count). The van der Waals surface area contributed by atoms with Crippen LogP contribution in [0.5, 0.6) is 5.75 Å². The third kappa shape index (κ3) is 4.65. The SMILES string of the molecule is CNCC1CCCN(Cc2cc(C)ccc2OC)C1.Cl. The van der Waals surface area contributed by atoms with Gasteiger partial charge in [0.05, 0.1) is 7.11 Å². The van der Waals surface area contributed by atoms with E-state index in [-0.39, 0.29) is 12.4 Å². The number of benzene rings is 1. The highest BCUT2D eigenvalue weighted by Gasteiger charge is 2.20. The van der Waals surface area contributed by atoms with Gasteiger partial charge in [0.15, 0.2) is 0 Å². The van der Waals surface area contributed by atoms with Gasteiger partial charge in [0, 0.05) is 18.7 Å². The first kappa shape index (κ1) is 17.3. The molecule has 3 nitrogen and oxygen atoms in total. The molecular weight excluding hydrogens is 272 g/mol. The molecule has 1 fully saturated rings. The van der Waals surface area contributed by atoms with Gasteiger partial charge in [-0.2, -0.15) is 0 Å². The average Bonchev–Trinajstić information content (AvgIpc) is 2.40. The molecule has 1 saturated heterocycles. The second-order valence-corrected chi connectivity index (χ2v) is 5.62. The van der Waals surface area contributed by atoms with Crippen LogP contribution in [0, 0.1) is 12.8 Å². The molecule has 0 amide bonds. The van der Waals surface area contributed by atoms with Crippen molar-refractivity contribution in [3.05, 3.63) is 29.3 Å². The van der Waals surface area contributed by atoms with E-state index in [0.717, 1.165) is 24.8 Å². The van der Waals surface area contributed by atoms with Crippen LogP contribution in [0.25, 0.3) is 0 Å². The lowest BCUT2D eigenvalue weighted by atomic mass is 9.97. The maximum absolute atomic E-state index is 5.48. The van der Waals surface area contributed by atoms with E-state index in [0.29, 0.717) is 0 Å². The van der Waals surface area contributed by atoms with Crippen molar-refractivity contribution in [1.29, 1.82) is 0 Å². The minimum atomic E-state index is 0. The van der Waals surface area contributed by atoms with E-state index in [1.54, 1.807) is 7.11 Å². The number of rotatable bonds is 5. The van der Waals surface area contributed by atoms with Gasteiger partial charge in [-0.15, -0.1) is 12.4 Å². The van der Waals surface area contributed by atoms with Crippen molar-refractivity contribution in [3.8, 4) is 5.75 Å². The molecule has 114 valence electrons. The number of nitrogens with zero attached hydrogens (tertiary/aromatic N) is 1. The summed E-state index contributed by atoms with van der Waals surface area (Å²) in [5.74, 6) is 1.80. The van der Waals surface area contributed by atoms with Gasteiger partial charge in [-0.05, 0) is 51.9 Å². The van der Waals surface area contributed by atoms with Crippen molar-refractivity contribution < 1.29 is 4.74 Å². The Balaban J connectivity index is 0.00000200. The van der Waals surface area contributed by atoms with Crippen LogP contribution in [-0.4, -0.2) is 38.7 Å². The number of aryl methyl sites for hydroxylation is 1. The van der Waals surface area contributed by atoms with Gasteiger partial charge >= 0.3 is 0 Å².